The van der Waals surface area contributed by atoms with Crippen molar-refractivity contribution >= 4 is 49.8 Å². The zero-order valence-electron chi connectivity index (χ0n) is 19.1. The van der Waals surface area contributed by atoms with Crippen LogP contribution in [0.25, 0.3) is 21.7 Å². The SMILES string of the molecule is CC[C@@H](C)c1nc2ccc(Br)cc2c(=O)n1N=Cc1c(OCC(=O)OC)ccc2ccccc12. The fourth-order valence-electron chi connectivity index (χ4n) is 3.62. The molecule has 0 bridgehead atoms. The van der Waals surface area contributed by atoms with E-state index in [1.54, 1.807) is 18.3 Å². The average Bonchev–Trinajstić information content (AvgIpc) is 2.86. The molecular weight excluding hydrogens is 498 g/mol. The summed E-state index contributed by atoms with van der Waals surface area (Å²) >= 11 is 3.43. The van der Waals surface area contributed by atoms with Gasteiger partial charge >= 0.3 is 5.97 Å². The summed E-state index contributed by atoms with van der Waals surface area (Å²) in [4.78, 5) is 29.8. The van der Waals surface area contributed by atoms with E-state index in [1.807, 2.05) is 56.3 Å². The van der Waals surface area contributed by atoms with Crippen LogP contribution in [0, 0.1) is 0 Å². The van der Waals surface area contributed by atoms with Crippen molar-refractivity contribution in [1.82, 2.24) is 9.66 Å². The third-order valence-corrected chi connectivity index (χ3v) is 6.19. The second-order valence-corrected chi connectivity index (χ2v) is 8.78. The molecule has 0 fully saturated rings. The topological polar surface area (TPSA) is 82.8 Å². The number of ether oxygens (including phenoxy) is 2. The van der Waals surface area contributed by atoms with E-state index in [-0.39, 0.29) is 18.1 Å². The first-order valence-corrected chi connectivity index (χ1v) is 11.7. The number of aromatic nitrogens is 2. The number of carbonyl (C=O) groups excluding carboxylic acids is 1. The van der Waals surface area contributed by atoms with Crippen molar-refractivity contribution in [3.63, 3.8) is 0 Å². The summed E-state index contributed by atoms with van der Waals surface area (Å²) in [5, 5.41) is 6.91. The Morgan fingerprint density at radius 1 is 1.18 bits per heavy atom. The number of nitrogens with zero attached hydrogens (tertiary/aromatic N) is 3. The van der Waals surface area contributed by atoms with Crippen LogP contribution in [0.5, 0.6) is 5.75 Å². The molecule has 3 aromatic carbocycles. The highest BCUT2D eigenvalue weighted by Gasteiger charge is 2.16. The fourth-order valence-corrected chi connectivity index (χ4v) is 3.99. The van der Waals surface area contributed by atoms with Crippen LogP contribution >= 0.6 is 15.9 Å². The van der Waals surface area contributed by atoms with Crippen molar-refractivity contribution < 1.29 is 14.3 Å². The number of esters is 1. The van der Waals surface area contributed by atoms with Gasteiger partial charge in [-0.05, 0) is 41.5 Å². The van der Waals surface area contributed by atoms with Crippen LogP contribution in [0.4, 0.5) is 0 Å². The van der Waals surface area contributed by atoms with Gasteiger partial charge in [0, 0.05) is 16.0 Å². The molecule has 0 N–H and O–H groups in total. The first-order valence-electron chi connectivity index (χ1n) is 10.9. The van der Waals surface area contributed by atoms with Crippen molar-refractivity contribution in [2.75, 3.05) is 13.7 Å². The predicted octanol–water partition coefficient (Wildman–Crippen LogP) is 5.26. The number of rotatable bonds is 7. The molecule has 0 spiro atoms. The van der Waals surface area contributed by atoms with Gasteiger partial charge in [-0.25, -0.2) is 9.78 Å². The van der Waals surface area contributed by atoms with E-state index in [0.29, 0.717) is 28.0 Å². The second kappa shape index (κ2) is 10.2. The maximum absolute atomic E-state index is 13.4. The molecule has 4 aromatic rings. The van der Waals surface area contributed by atoms with Crippen LogP contribution in [-0.4, -0.2) is 35.6 Å². The molecule has 0 aliphatic rings. The number of hydrogen-bond donors (Lipinski definition) is 0. The van der Waals surface area contributed by atoms with Gasteiger partial charge in [0.15, 0.2) is 6.61 Å². The van der Waals surface area contributed by atoms with Crippen LogP contribution < -0.4 is 10.3 Å². The van der Waals surface area contributed by atoms with Crippen molar-refractivity contribution in [2.24, 2.45) is 5.10 Å². The number of methoxy groups -OCH3 is 1. The molecule has 4 rings (SSSR count). The van der Waals surface area contributed by atoms with Gasteiger partial charge in [-0.1, -0.05) is 60.1 Å². The van der Waals surface area contributed by atoms with E-state index in [1.165, 1.54) is 11.8 Å². The molecule has 174 valence electrons. The summed E-state index contributed by atoms with van der Waals surface area (Å²) in [5.74, 6) is 0.564. The Bertz CT molecular complexity index is 1460. The Balaban J connectivity index is 1.90. The molecule has 0 aliphatic carbocycles. The van der Waals surface area contributed by atoms with E-state index in [9.17, 15) is 9.59 Å². The number of benzene rings is 3. The van der Waals surface area contributed by atoms with Crippen LogP contribution in [0.2, 0.25) is 0 Å². The summed E-state index contributed by atoms with van der Waals surface area (Å²) in [6.07, 6.45) is 2.39. The second-order valence-electron chi connectivity index (χ2n) is 7.87. The van der Waals surface area contributed by atoms with E-state index >= 15 is 0 Å². The Hall–Kier alpha value is -3.52. The lowest BCUT2D eigenvalue weighted by molar-refractivity contribution is -0.142. The highest BCUT2D eigenvalue weighted by atomic mass is 79.9. The van der Waals surface area contributed by atoms with Crippen LogP contribution in [0.3, 0.4) is 0 Å². The molecule has 0 aliphatic heterocycles. The minimum atomic E-state index is -0.490. The minimum absolute atomic E-state index is 0.0143. The zero-order chi connectivity index (χ0) is 24.2. The fraction of sp³-hybridized carbons (Fsp3) is 0.231. The molecule has 1 atom stereocenters. The molecule has 1 heterocycles. The molecular formula is C26H24BrN3O4. The maximum atomic E-state index is 13.4. The summed E-state index contributed by atoms with van der Waals surface area (Å²) in [6.45, 7) is 3.82. The lowest BCUT2D eigenvalue weighted by atomic mass is 10.0. The van der Waals surface area contributed by atoms with E-state index in [0.717, 1.165) is 21.7 Å². The minimum Gasteiger partial charge on any atom is -0.481 e. The Kier molecular flexibility index (Phi) is 7.07. The number of hydrogen-bond acceptors (Lipinski definition) is 6. The molecule has 34 heavy (non-hydrogen) atoms. The smallest absolute Gasteiger partial charge is 0.343 e. The van der Waals surface area contributed by atoms with Crippen molar-refractivity contribution in [3.05, 3.63) is 80.8 Å². The van der Waals surface area contributed by atoms with Crippen LogP contribution in [0.15, 0.2) is 69.0 Å². The maximum Gasteiger partial charge on any atom is 0.343 e. The Morgan fingerprint density at radius 2 is 1.97 bits per heavy atom. The summed E-state index contributed by atoms with van der Waals surface area (Å²) < 4.78 is 12.6. The molecule has 8 heteroatoms. The zero-order valence-corrected chi connectivity index (χ0v) is 20.7. The molecule has 0 radical (unpaired) electrons. The van der Waals surface area contributed by atoms with Crippen LogP contribution in [-0.2, 0) is 9.53 Å². The monoisotopic (exact) mass is 521 g/mol. The van der Waals surface area contributed by atoms with E-state index in [4.69, 9.17) is 14.5 Å². The van der Waals surface area contributed by atoms with Gasteiger partial charge in [-0.3, -0.25) is 4.79 Å². The van der Waals surface area contributed by atoms with Gasteiger partial charge < -0.3 is 9.47 Å². The standard InChI is InChI=1S/C26H24BrN3O4/c1-4-16(2)25-29-22-11-10-18(27)13-20(22)26(32)30(25)28-14-21-19-8-6-5-7-17(19)9-12-23(21)34-15-24(31)33-3/h5-14,16H,4,15H2,1-3H3/t16-/m1/s1. The molecule has 7 nitrogen and oxygen atoms in total. The Labute approximate surface area is 205 Å². The lowest BCUT2D eigenvalue weighted by Crippen LogP contribution is -2.23. The molecule has 0 amide bonds. The van der Waals surface area contributed by atoms with Crippen molar-refractivity contribution in [1.29, 1.82) is 0 Å². The number of carbonyl (C=O) groups is 1. The molecule has 0 unspecified atom stereocenters. The molecule has 0 saturated carbocycles. The first kappa shape index (κ1) is 23.6. The third-order valence-electron chi connectivity index (χ3n) is 5.69. The lowest BCUT2D eigenvalue weighted by Gasteiger charge is -2.15. The van der Waals surface area contributed by atoms with Gasteiger partial charge in [-0.15, -0.1) is 0 Å². The van der Waals surface area contributed by atoms with Gasteiger partial charge in [-0.2, -0.15) is 9.78 Å². The average molecular weight is 522 g/mol. The van der Waals surface area contributed by atoms with Crippen molar-refractivity contribution in [3.8, 4) is 5.75 Å². The number of fused-ring (bicyclic) bond motifs is 2. The van der Waals surface area contributed by atoms with Crippen LogP contribution in [0.1, 0.15) is 37.6 Å². The van der Waals surface area contributed by atoms with Gasteiger partial charge in [0.2, 0.25) is 0 Å². The predicted molar refractivity (Wildman–Crippen MR) is 137 cm³/mol. The summed E-state index contributed by atoms with van der Waals surface area (Å²) in [7, 11) is 1.31. The highest BCUT2D eigenvalue weighted by Crippen LogP contribution is 2.27. The van der Waals surface area contributed by atoms with Gasteiger partial charge in [0.05, 0.1) is 24.2 Å². The molecule has 0 saturated heterocycles. The Morgan fingerprint density at radius 3 is 2.74 bits per heavy atom. The highest BCUT2D eigenvalue weighted by molar-refractivity contribution is 9.10. The van der Waals surface area contributed by atoms with E-state index in [2.05, 4.69) is 21.0 Å². The summed E-state index contributed by atoms with van der Waals surface area (Å²) in [6, 6.07) is 16.9. The van der Waals surface area contributed by atoms with Gasteiger partial charge in [0.25, 0.3) is 5.56 Å². The normalized spacial score (nSPS) is 12.4. The first-order chi connectivity index (χ1) is 16.4. The third kappa shape index (κ3) is 4.72. The quantitative estimate of drug-likeness (QED) is 0.244. The summed E-state index contributed by atoms with van der Waals surface area (Å²) in [5.41, 5.74) is 1.02. The molecule has 1 aromatic heterocycles. The van der Waals surface area contributed by atoms with Gasteiger partial charge in [0.1, 0.15) is 11.6 Å². The van der Waals surface area contributed by atoms with Crippen molar-refractivity contribution in [2.45, 2.75) is 26.2 Å². The largest absolute Gasteiger partial charge is 0.481 e. The number of halogens is 1. The van der Waals surface area contributed by atoms with E-state index < -0.39 is 5.97 Å².